The van der Waals surface area contributed by atoms with Gasteiger partial charge in [0.05, 0.1) is 11.9 Å². The van der Waals surface area contributed by atoms with Crippen LogP contribution >= 0.6 is 0 Å². The van der Waals surface area contributed by atoms with Crippen LogP contribution in [0.15, 0.2) is 0 Å². The molecule has 0 saturated heterocycles. The average Bonchev–Trinajstić information content (AvgIpc) is 2.17. The van der Waals surface area contributed by atoms with Gasteiger partial charge in [0.25, 0.3) is 0 Å². The third-order valence-electron chi connectivity index (χ3n) is 2.70. The van der Waals surface area contributed by atoms with E-state index in [-0.39, 0.29) is 83.1 Å². The van der Waals surface area contributed by atoms with Gasteiger partial charge < -0.3 is 19.8 Å². The molecule has 0 saturated carbocycles. The normalized spacial score (nSPS) is 10.0. The smallest absolute Gasteiger partial charge is 0.549 e. The fourth-order valence-electron chi connectivity index (χ4n) is 1.57. The summed E-state index contributed by atoms with van der Waals surface area (Å²) in [4.78, 5) is 21.9. The number of hydrogen-bond acceptors (Lipinski definition) is 4. The molecule has 0 amide bonds. The predicted octanol–water partition coefficient (Wildman–Crippen LogP) is -6.14. The van der Waals surface area contributed by atoms with Crippen LogP contribution in [-0.2, 0) is 9.59 Å². The molecule has 0 spiro atoms. The summed E-state index contributed by atoms with van der Waals surface area (Å²) < 4.78 is 0. The molecular weight excluding hydrogens is 242 g/mol. The van der Waals surface area contributed by atoms with Gasteiger partial charge in [-0.2, -0.15) is 0 Å². The van der Waals surface area contributed by atoms with Crippen molar-refractivity contribution in [1.82, 2.24) is 0 Å². The van der Waals surface area contributed by atoms with Crippen LogP contribution in [-0.4, -0.2) is 11.9 Å². The maximum absolute atomic E-state index is 10.9. The van der Waals surface area contributed by atoms with Gasteiger partial charge in [0.15, 0.2) is 0 Å². The van der Waals surface area contributed by atoms with Crippen molar-refractivity contribution in [3.8, 4) is 0 Å². The monoisotopic (exact) mass is 260 g/mol. The van der Waals surface area contributed by atoms with E-state index in [0.29, 0.717) is 12.8 Å². The summed E-state index contributed by atoms with van der Waals surface area (Å²) in [5.41, 5.74) is -1.79. The molecule has 0 aromatic rings. The molecule has 0 bridgehead atoms. The van der Waals surface area contributed by atoms with Crippen LogP contribution in [0.1, 0.15) is 52.4 Å². The number of rotatable bonds is 8. The number of carbonyl (C=O) groups is 2. The van der Waals surface area contributed by atoms with Crippen LogP contribution < -0.4 is 80.5 Å². The molecule has 0 fully saturated rings. The van der Waals surface area contributed by atoms with E-state index in [2.05, 4.69) is 0 Å². The zero-order chi connectivity index (χ0) is 11.9. The molecule has 0 aliphatic rings. The second kappa shape index (κ2) is 12.2. The van der Waals surface area contributed by atoms with Gasteiger partial charge >= 0.3 is 70.2 Å². The first-order chi connectivity index (χ1) is 7.01. The first-order valence-corrected chi connectivity index (χ1v) is 5.44. The second-order valence-electron chi connectivity index (χ2n) is 3.86. The molecule has 0 aliphatic heterocycles. The van der Waals surface area contributed by atoms with Gasteiger partial charge in [0, 0.05) is 5.41 Å². The molecule has 0 rings (SSSR count). The maximum Gasteiger partial charge on any atom is 1.00 e. The van der Waals surface area contributed by atoms with Crippen molar-refractivity contribution in [3.05, 3.63) is 0 Å². The topological polar surface area (TPSA) is 80.3 Å². The van der Waals surface area contributed by atoms with E-state index in [1.807, 2.05) is 13.8 Å². The Hall–Kier alpha value is 1.17. The molecule has 0 aromatic carbocycles. The molecule has 0 aromatic heterocycles. The molecule has 0 N–H and O–H groups in total. The third-order valence-corrected chi connectivity index (χ3v) is 2.70. The number of carbonyl (C=O) groups excluding carboxylic acids is 2. The van der Waals surface area contributed by atoms with Crippen molar-refractivity contribution in [2.24, 2.45) is 5.41 Å². The van der Waals surface area contributed by atoms with Crippen molar-refractivity contribution in [2.75, 3.05) is 0 Å². The molecule has 17 heavy (non-hydrogen) atoms. The van der Waals surface area contributed by atoms with Crippen molar-refractivity contribution in [1.29, 1.82) is 0 Å². The van der Waals surface area contributed by atoms with Gasteiger partial charge in [-0.25, -0.2) is 0 Å². The van der Waals surface area contributed by atoms with Crippen molar-refractivity contribution in [2.45, 2.75) is 52.4 Å². The molecule has 4 nitrogen and oxygen atoms in total. The number of unbranched alkanes of at least 4 members (excludes halogenated alkanes) is 2. The van der Waals surface area contributed by atoms with Gasteiger partial charge in [0.2, 0.25) is 0 Å². The molecule has 0 radical (unpaired) electrons. The minimum absolute atomic E-state index is 0. The summed E-state index contributed by atoms with van der Waals surface area (Å²) in [6.45, 7) is 3.77. The first kappa shape index (κ1) is 23.3. The maximum atomic E-state index is 10.9. The van der Waals surface area contributed by atoms with E-state index >= 15 is 0 Å². The largest absolute Gasteiger partial charge is 1.00 e. The van der Waals surface area contributed by atoms with Gasteiger partial charge in [0.1, 0.15) is 0 Å². The van der Waals surface area contributed by atoms with E-state index < -0.39 is 17.4 Å². The zero-order valence-corrected chi connectivity index (χ0v) is 14.5. The standard InChI is InChI=1S/C11H20O4.K.Li/c1-3-5-7-11(9(12)13,10(14)15)8-6-4-2;;/h3-8H2,1-2H3,(H,12,13)(H,14,15);;/q;2*+1/p-2. The van der Waals surface area contributed by atoms with E-state index in [4.69, 9.17) is 0 Å². The number of hydrogen-bond donors (Lipinski definition) is 0. The van der Waals surface area contributed by atoms with Gasteiger partial charge in [-0.15, -0.1) is 0 Å². The van der Waals surface area contributed by atoms with Gasteiger partial charge in [-0.1, -0.05) is 39.5 Å². The zero-order valence-electron chi connectivity index (χ0n) is 11.4. The minimum atomic E-state index is -1.79. The Labute approximate surface area is 158 Å². The van der Waals surface area contributed by atoms with Crippen LogP contribution in [0, 0.1) is 5.41 Å². The summed E-state index contributed by atoms with van der Waals surface area (Å²) >= 11 is 0. The fraction of sp³-hybridized carbons (Fsp3) is 0.818. The summed E-state index contributed by atoms with van der Waals surface area (Å²) in [7, 11) is 0. The molecule has 6 heteroatoms. The van der Waals surface area contributed by atoms with E-state index in [1.165, 1.54) is 0 Å². The molecule has 88 valence electrons. The van der Waals surface area contributed by atoms with Gasteiger partial charge in [-0.3, -0.25) is 0 Å². The van der Waals surface area contributed by atoms with E-state index in [1.54, 1.807) is 0 Å². The Kier molecular flexibility index (Phi) is 16.7. The van der Waals surface area contributed by atoms with E-state index in [9.17, 15) is 19.8 Å². The van der Waals surface area contributed by atoms with Crippen LogP contribution in [0.2, 0.25) is 0 Å². The quantitative estimate of drug-likeness (QED) is 0.321. The SMILES string of the molecule is CCCCC(CCCC)(C(=O)[O-])C(=O)[O-].[K+].[Li+]. The van der Waals surface area contributed by atoms with Crippen LogP contribution in [0.4, 0.5) is 0 Å². The number of carboxylic acid groups (broad SMARTS) is 2. The fourth-order valence-corrected chi connectivity index (χ4v) is 1.57. The Balaban J connectivity index is -0.000000980. The molecular formula is C11H18KLiO4. The minimum Gasteiger partial charge on any atom is -0.549 e. The second-order valence-corrected chi connectivity index (χ2v) is 3.86. The van der Waals surface area contributed by atoms with Gasteiger partial charge in [-0.05, 0) is 12.8 Å². The molecule has 0 unspecified atom stereocenters. The molecule has 0 atom stereocenters. The van der Waals surface area contributed by atoms with Crippen LogP contribution in [0.25, 0.3) is 0 Å². The summed E-state index contributed by atoms with van der Waals surface area (Å²) in [6, 6.07) is 0. The number of aliphatic carboxylic acids is 2. The van der Waals surface area contributed by atoms with Crippen molar-refractivity contribution in [3.63, 3.8) is 0 Å². The Morgan fingerprint density at radius 3 is 1.41 bits per heavy atom. The summed E-state index contributed by atoms with van der Waals surface area (Å²) in [6.07, 6.45) is 2.85. The predicted molar refractivity (Wildman–Crippen MR) is 51.5 cm³/mol. The Morgan fingerprint density at radius 1 is 0.941 bits per heavy atom. The molecule has 0 aliphatic carbocycles. The molecule has 0 heterocycles. The summed E-state index contributed by atoms with van der Waals surface area (Å²) in [5, 5.41) is 21.9. The first-order valence-electron chi connectivity index (χ1n) is 5.44. The third kappa shape index (κ3) is 7.36. The van der Waals surface area contributed by atoms with Crippen molar-refractivity contribution < 1.29 is 90.0 Å². The van der Waals surface area contributed by atoms with Crippen LogP contribution in [0.5, 0.6) is 0 Å². The Morgan fingerprint density at radius 2 is 1.24 bits per heavy atom. The van der Waals surface area contributed by atoms with Crippen molar-refractivity contribution >= 4 is 11.9 Å². The summed E-state index contributed by atoms with van der Waals surface area (Å²) in [5.74, 6) is -3.02. The van der Waals surface area contributed by atoms with Crippen LogP contribution in [0.3, 0.4) is 0 Å². The number of carboxylic acids is 2. The van der Waals surface area contributed by atoms with E-state index in [0.717, 1.165) is 12.8 Å². The Bertz CT molecular complexity index is 210. The average molecular weight is 260 g/mol.